The number of rotatable bonds is 3. The number of carbonyl (C=O) groups excluding carboxylic acids is 1. The molecular weight excluding hydrogens is 345 g/mol. The van der Waals surface area contributed by atoms with E-state index in [4.69, 9.17) is 5.73 Å². The van der Waals surface area contributed by atoms with Crippen molar-refractivity contribution in [2.75, 3.05) is 16.4 Å². The first kappa shape index (κ1) is 16.6. The van der Waals surface area contributed by atoms with Gasteiger partial charge < -0.3 is 16.4 Å². The number of nitrogens with one attached hydrogen (secondary N) is 2. The number of benzene rings is 2. The van der Waals surface area contributed by atoms with Gasteiger partial charge in [0.2, 0.25) is 5.95 Å². The van der Waals surface area contributed by atoms with Crippen LogP contribution in [0.25, 0.3) is 16.8 Å². The van der Waals surface area contributed by atoms with Crippen LogP contribution in [0.3, 0.4) is 0 Å². The Kier molecular flexibility index (Phi) is 4.18. The van der Waals surface area contributed by atoms with Crippen LogP contribution in [-0.2, 0) is 0 Å². The van der Waals surface area contributed by atoms with Crippen LogP contribution in [-0.4, -0.2) is 15.4 Å². The standard InChI is InChI=1S/C20H16FN5O/c21-14-3-1-4-16(11-14)25-20(27)24-15-9-7-13(8-10-15)18-6-2-5-17-12-23-19(22)26(17)18/h1-12H,(H2,22,23)(H2,24,25,27). The number of nitrogens with zero attached hydrogens (tertiary/aromatic N) is 2. The molecule has 2 heterocycles. The van der Waals surface area contributed by atoms with Gasteiger partial charge >= 0.3 is 6.03 Å². The lowest BCUT2D eigenvalue weighted by molar-refractivity contribution is 0.262. The minimum Gasteiger partial charge on any atom is -0.369 e. The van der Waals surface area contributed by atoms with E-state index in [1.54, 1.807) is 24.4 Å². The van der Waals surface area contributed by atoms with Crippen LogP contribution in [0.2, 0.25) is 0 Å². The Morgan fingerprint density at radius 1 is 0.963 bits per heavy atom. The maximum atomic E-state index is 13.2. The lowest BCUT2D eigenvalue weighted by Gasteiger charge is -2.10. The Balaban J connectivity index is 1.52. The number of fused-ring (bicyclic) bond motifs is 1. The van der Waals surface area contributed by atoms with Crippen LogP contribution in [0.4, 0.5) is 26.5 Å². The number of pyridine rings is 1. The first-order valence-corrected chi connectivity index (χ1v) is 8.26. The fraction of sp³-hybridized carbons (Fsp3) is 0. The second-order valence-corrected chi connectivity index (χ2v) is 5.95. The topological polar surface area (TPSA) is 84.4 Å². The highest BCUT2D eigenvalue weighted by Crippen LogP contribution is 2.24. The van der Waals surface area contributed by atoms with Crippen molar-refractivity contribution in [3.05, 3.63) is 78.7 Å². The van der Waals surface area contributed by atoms with Crippen LogP contribution in [0.5, 0.6) is 0 Å². The molecule has 6 nitrogen and oxygen atoms in total. The van der Waals surface area contributed by atoms with Crippen LogP contribution in [0.1, 0.15) is 0 Å². The molecule has 0 bridgehead atoms. The average molecular weight is 361 g/mol. The number of carbonyl (C=O) groups is 1. The van der Waals surface area contributed by atoms with E-state index >= 15 is 0 Å². The second kappa shape index (κ2) is 6.80. The van der Waals surface area contributed by atoms with E-state index in [-0.39, 0.29) is 0 Å². The second-order valence-electron chi connectivity index (χ2n) is 5.95. The summed E-state index contributed by atoms with van der Waals surface area (Å²) in [6.45, 7) is 0. The summed E-state index contributed by atoms with van der Waals surface area (Å²) < 4.78 is 15.0. The van der Waals surface area contributed by atoms with Crippen LogP contribution in [0, 0.1) is 5.82 Å². The SMILES string of the molecule is Nc1ncc2cccc(-c3ccc(NC(=O)Nc4cccc(F)c4)cc3)n12. The van der Waals surface area contributed by atoms with Gasteiger partial charge in [-0.05, 0) is 48.0 Å². The summed E-state index contributed by atoms with van der Waals surface area (Å²) in [5.74, 6) is 0.00220. The number of hydrogen-bond donors (Lipinski definition) is 3. The number of aromatic nitrogens is 2. The minimum absolute atomic E-state index is 0.381. The molecular formula is C20H16FN5O. The van der Waals surface area contributed by atoms with Crippen molar-refractivity contribution < 1.29 is 9.18 Å². The highest BCUT2D eigenvalue weighted by molar-refractivity contribution is 5.99. The van der Waals surface area contributed by atoms with Crippen molar-refractivity contribution >= 4 is 28.9 Å². The van der Waals surface area contributed by atoms with Gasteiger partial charge in [0.1, 0.15) is 5.82 Å². The molecule has 0 fully saturated rings. The molecule has 2 amide bonds. The van der Waals surface area contributed by atoms with Gasteiger partial charge in [-0.1, -0.05) is 24.3 Å². The maximum Gasteiger partial charge on any atom is 0.323 e. The summed E-state index contributed by atoms with van der Waals surface area (Å²) >= 11 is 0. The van der Waals surface area contributed by atoms with Crippen molar-refractivity contribution in [1.82, 2.24) is 9.38 Å². The molecule has 0 spiro atoms. The molecule has 0 aliphatic rings. The molecule has 0 radical (unpaired) electrons. The molecule has 0 atom stereocenters. The van der Waals surface area contributed by atoms with Crippen LogP contribution >= 0.6 is 0 Å². The monoisotopic (exact) mass is 361 g/mol. The highest BCUT2D eigenvalue weighted by atomic mass is 19.1. The average Bonchev–Trinajstić information content (AvgIpc) is 3.04. The van der Waals surface area contributed by atoms with Gasteiger partial charge in [-0.2, -0.15) is 0 Å². The van der Waals surface area contributed by atoms with E-state index in [1.165, 1.54) is 18.2 Å². The van der Waals surface area contributed by atoms with Crippen molar-refractivity contribution in [2.24, 2.45) is 0 Å². The molecule has 0 unspecified atom stereocenters. The number of urea groups is 1. The summed E-state index contributed by atoms with van der Waals surface area (Å²) in [5, 5.41) is 5.30. The predicted octanol–water partition coefficient (Wildman–Crippen LogP) is 4.37. The molecule has 134 valence electrons. The molecule has 0 aliphatic heterocycles. The van der Waals surface area contributed by atoms with Gasteiger partial charge in [0, 0.05) is 11.4 Å². The third-order valence-electron chi connectivity index (χ3n) is 4.10. The molecule has 4 aromatic rings. The van der Waals surface area contributed by atoms with E-state index in [1.807, 2.05) is 34.7 Å². The van der Waals surface area contributed by atoms with Crippen molar-refractivity contribution in [2.45, 2.75) is 0 Å². The summed E-state index contributed by atoms with van der Waals surface area (Å²) in [7, 11) is 0. The maximum absolute atomic E-state index is 13.2. The number of halogens is 1. The summed E-state index contributed by atoms with van der Waals surface area (Å²) in [5.41, 5.74) is 9.68. The molecule has 2 aromatic carbocycles. The fourth-order valence-electron chi connectivity index (χ4n) is 2.88. The fourth-order valence-corrected chi connectivity index (χ4v) is 2.88. The third-order valence-corrected chi connectivity index (χ3v) is 4.10. The third kappa shape index (κ3) is 3.43. The van der Waals surface area contributed by atoms with E-state index in [0.717, 1.165) is 16.8 Å². The number of anilines is 3. The molecule has 27 heavy (non-hydrogen) atoms. The molecule has 7 heteroatoms. The van der Waals surface area contributed by atoms with Gasteiger partial charge in [0.25, 0.3) is 0 Å². The lowest BCUT2D eigenvalue weighted by atomic mass is 10.1. The Bertz CT molecular complexity index is 1120. The predicted molar refractivity (Wildman–Crippen MR) is 104 cm³/mol. The van der Waals surface area contributed by atoms with Gasteiger partial charge in [-0.3, -0.25) is 4.40 Å². The molecule has 0 aliphatic carbocycles. The quantitative estimate of drug-likeness (QED) is 0.507. The Morgan fingerprint density at radius 2 is 1.70 bits per heavy atom. The van der Waals surface area contributed by atoms with E-state index in [0.29, 0.717) is 17.3 Å². The molecule has 0 saturated heterocycles. The zero-order chi connectivity index (χ0) is 18.8. The first-order chi connectivity index (χ1) is 13.1. The number of hydrogen-bond acceptors (Lipinski definition) is 3. The van der Waals surface area contributed by atoms with Crippen molar-refractivity contribution in [3.8, 4) is 11.3 Å². The highest BCUT2D eigenvalue weighted by Gasteiger charge is 2.08. The zero-order valence-corrected chi connectivity index (χ0v) is 14.2. The van der Waals surface area contributed by atoms with Gasteiger partial charge in [-0.25, -0.2) is 14.2 Å². The Labute approximate surface area is 154 Å². The molecule has 4 rings (SSSR count). The van der Waals surface area contributed by atoms with Crippen molar-refractivity contribution in [3.63, 3.8) is 0 Å². The number of amides is 2. The number of nitrogens with two attached hydrogens (primary N) is 1. The normalized spacial score (nSPS) is 10.7. The summed E-state index contributed by atoms with van der Waals surface area (Å²) in [4.78, 5) is 16.2. The van der Waals surface area contributed by atoms with Crippen molar-refractivity contribution in [1.29, 1.82) is 0 Å². The van der Waals surface area contributed by atoms with E-state index in [2.05, 4.69) is 15.6 Å². The smallest absolute Gasteiger partial charge is 0.323 e. The summed E-state index contributed by atoms with van der Waals surface area (Å²) in [6.07, 6.45) is 1.71. The van der Waals surface area contributed by atoms with E-state index in [9.17, 15) is 9.18 Å². The largest absolute Gasteiger partial charge is 0.369 e. The zero-order valence-electron chi connectivity index (χ0n) is 14.2. The molecule has 2 aromatic heterocycles. The molecule has 4 N–H and O–H groups in total. The van der Waals surface area contributed by atoms with Gasteiger partial charge in [0.15, 0.2) is 0 Å². The lowest BCUT2D eigenvalue weighted by Crippen LogP contribution is -2.19. The minimum atomic E-state index is -0.450. The summed E-state index contributed by atoms with van der Waals surface area (Å²) in [6, 6.07) is 18.4. The van der Waals surface area contributed by atoms with Crippen LogP contribution < -0.4 is 16.4 Å². The Hall–Kier alpha value is -3.87. The van der Waals surface area contributed by atoms with Gasteiger partial charge in [-0.15, -0.1) is 0 Å². The molecule has 0 saturated carbocycles. The first-order valence-electron chi connectivity index (χ1n) is 8.26. The van der Waals surface area contributed by atoms with Gasteiger partial charge in [0.05, 0.1) is 17.4 Å². The van der Waals surface area contributed by atoms with E-state index < -0.39 is 11.8 Å². The number of nitrogen functional groups attached to an aromatic ring is 1. The Morgan fingerprint density at radius 3 is 2.48 bits per heavy atom. The number of imidazole rings is 1. The van der Waals surface area contributed by atoms with Crippen LogP contribution in [0.15, 0.2) is 72.9 Å².